The molecule has 62 heavy (non-hydrogen) atoms. The van der Waals surface area contributed by atoms with Crippen LogP contribution in [0.5, 0.6) is 17.2 Å². The largest absolute Gasteiger partial charge is 0.486 e. The third-order valence-electron chi connectivity index (χ3n) is 11.4. The Hall–Kier alpha value is -7.20. The number of nitrogens with zero attached hydrogens (tertiary/aromatic N) is 2. The monoisotopic (exact) mass is 826 g/mol. The standard InChI is InChI=1S/C52H50N4O6/c57-49(35-39-13-7-9-21-47(39)61-43-15-3-1-4-16-43)55-33-11-19-45(55)51(59)53-41-29-25-37(26-30-41)23-24-38-27-31-42(32-28-38)54-52(60)46-20-12-34-56(46)50(58)36-40-14-8-10-22-48(40)62-44-17-5-2-6-18-44/h1-10,13-17,21-32,44-46H,11-12,18-20,33-36H2,(H,53,59)(H,54,60)/b24-23+/t44?,45-,46-/m0/s1. The van der Waals surface area contributed by atoms with Crippen LogP contribution in [0.2, 0.25) is 0 Å². The van der Waals surface area contributed by atoms with E-state index in [1.807, 2.05) is 158 Å². The highest BCUT2D eigenvalue weighted by atomic mass is 16.5. The minimum Gasteiger partial charge on any atom is -0.486 e. The summed E-state index contributed by atoms with van der Waals surface area (Å²) in [4.78, 5) is 57.3. The van der Waals surface area contributed by atoms with Crippen molar-refractivity contribution in [3.8, 4) is 17.2 Å². The Bertz CT molecular complexity index is 2460. The average Bonchev–Trinajstić information content (AvgIpc) is 4.01. The maximum Gasteiger partial charge on any atom is 0.247 e. The van der Waals surface area contributed by atoms with Gasteiger partial charge in [0.15, 0.2) is 0 Å². The molecular formula is C52H50N4O6. The lowest BCUT2D eigenvalue weighted by Gasteiger charge is -2.25. The molecule has 2 heterocycles. The van der Waals surface area contributed by atoms with Gasteiger partial charge in [-0.25, -0.2) is 0 Å². The Balaban J connectivity index is 0.810. The molecule has 0 saturated carbocycles. The summed E-state index contributed by atoms with van der Waals surface area (Å²) in [5.41, 5.74) is 4.77. The molecule has 2 aliphatic heterocycles. The normalized spacial score (nSPS) is 18.2. The lowest BCUT2D eigenvalue weighted by atomic mass is 10.1. The molecule has 8 rings (SSSR count). The van der Waals surface area contributed by atoms with E-state index in [2.05, 4.69) is 16.7 Å². The summed E-state index contributed by atoms with van der Waals surface area (Å²) >= 11 is 0. The first-order valence-electron chi connectivity index (χ1n) is 21.3. The SMILES string of the molecule is O=C(Nc1ccc(/C=C/c2ccc(NC(=O)[C@@H]3CCCN3C(=O)Cc3ccccc3OC3C=CC=CC3)cc2)cc1)[C@@H]1CCCN1C(=O)Cc1ccccc1Oc1ccccc1. The van der Waals surface area contributed by atoms with Crippen LogP contribution in [0.25, 0.3) is 12.2 Å². The second-order valence-electron chi connectivity index (χ2n) is 15.7. The van der Waals surface area contributed by atoms with Crippen LogP contribution in [0.3, 0.4) is 0 Å². The molecule has 1 aliphatic carbocycles. The van der Waals surface area contributed by atoms with Gasteiger partial charge in [0.05, 0.1) is 12.8 Å². The van der Waals surface area contributed by atoms with E-state index < -0.39 is 12.1 Å². The van der Waals surface area contributed by atoms with Gasteiger partial charge < -0.3 is 29.9 Å². The van der Waals surface area contributed by atoms with Crippen molar-refractivity contribution in [2.45, 2.75) is 63.1 Å². The summed E-state index contributed by atoms with van der Waals surface area (Å²) in [6.07, 6.45) is 15.7. The van der Waals surface area contributed by atoms with Crippen molar-refractivity contribution in [3.63, 3.8) is 0 Å². The van der Waals surface area contributed by atoms with E-state index in [1.165, 1.54) is 0 Å². The zero-order valence-corrected chi connectivity index (χ0v) is 34.5. The Morgan fingerprint density at radius 1 is 0.581 bits per heavy atom. The second-order valence-corrected chi connectivity index (χ2v) is 15.7. The van der Waals surface area contributed by atoms with Gasteiger partial charge in [-0.15, -0.1) is 0 Å². The van der Waals surface area contributed by atoms with Crippen LogP contribution in [0.4, 0.5) is 11.4 Å². The van der Waals surface area contributed by atoms with Crippen molar-refractivity contribution in [2.24, 2.45) is 0 Å². The quantitative estimate of drug-likeness (QED) is 0.108. The lowest BCUT2D eigenvalue weighted by Crippen LogP contribution is -2.43. The van der Waals surface area contributed by atoms with Crippen LogP contribution in [0.15, 0.2) is 152 Å². The van der Waals surface area contributed by atoms with Crippen LogP contribution >= 0.6 is 0 Å². The van der Waals surface area contributed by atoms with Gasteiger partial charge in [0.2, 0.25) is 23.6 Å². The van der Waals surface area contributed by atoms with Crippen molar-refractivity contribution in [3.05, 3.63) is 174 Å². The topological polar surface area (TPSA) is 117 Å². The molecular weight excluding hydrogens is 777 g/mol. The maximum atomic E-state index is 13.5. The number of allylic oxidation sites excluding steroid dienone is 2. The highest BCUT2D eigenvalue weighted by molar-refractivity contribution is 5.99. The number of hydrogen-bond acceptors (Lipinski definition) is 6. The molecule has 5 aromatic rings. The molecule has 314 valence electrons. The number of carbonyl (C=O) groups excluding carboxylic acids is 4. The minimum atomic E-state index is -0.549. The Labute approximate surface area is 362 Å². The molecule has 2 fully saturated rings. The van der Waals surface area contributed by atoms with Crippen molar-refractivity contribution in [1.29, 1.82) is 0 Å². The fourth-order valence-electron chi connectivity index (χ4n) is 8.14. The number of hydrogen-bond donors (Lipinski definition) is 2. The molecule has 3 atom stereocenters. The first-order valence-corrected chi connectivity index (χ1v) is 21.3. The van der Waals surface area contributed by atoms with Gasteiger partial charge in [-0.05, 0) is 91.4 Å². The van der Waals surface area contributed by atoms with Gasteiger partial charge >= 0.3 is 0 Å². The van der Waals surface area contributed by atoms with E-state index in [4.69, 9.17) is 9.47 Å². The molecule has 0 bridgehead atoms. The zero-order valence-electron chi connectivity index (χ0n) is 34.5. The summed E-state index contributed by atoms with van der Waals surface area (Å²) < 4.78 is 12.3. The van der Waals surface area contributed by atoms with E-state index in [0.29, 0.717) is 54.6 Å². The molecule has 0 spiro atoms. The van der Waals surface area contributed by atoms with Crippen LogP contribution in [0, 0.1) is 0 Å². The van der Waals surface area contributed by atoms with Gasteiger partial charge in [0, 0.05) is 42.0 Å². The van der Waals surface area contributed by atoms with Crippen molar-refractivity contribution >= 4 is 47.2 Å². The summed E-state index contributed by atoms with van der Waals surface area (Å²) in [5.74, 6) is 1.40. The van der Waals surface area contributed by atoms with Crippen LogP contribution < -0.4 is 20.1 Å². The maximum absolute atomic E-state index is 13.5. The van der Waals surface area contributed by atoms with Gasteiger partial charge in [0.25, 0.3) is 0 Å². The molecule has 3 aliphatic rings. The minimum absolute atomic E-state index is 0.0747. The van der Waals surface area contributed by atoms with Gasteiger partial charge in [-0.2, -0.15) is 0 Å². The first-order chi connectivity index (χ1) is 30.4. The smallest absolute Gasteiger partial charge is 0.247 e. The molecule has 10 nitrogen and oxygen atoms in total. The van der Waals surface area contributed by atoms with E-state index >= 15 is 0 Å². The van der Waals surface area contributed by atoms with E-state index in [9.17, 15) is 19.2 Å². The molecule has 2 saturated heterocycles. The molecule has 0 aromatic heterocycles. The summed E-state index contributed by atoms with van der Waals surface area (Å²) in [6.45, 7) is 1.07. The van der Waals surface area contributed by atoms with Gasteiger partial charge in [0.1, 0.15) is 35.4 Å². The Morgan fingerprint density at radius 3 is 1.61 bits per heavy atom. The van der Waals surface area contributed by atoms with Crippen molar-refractivity contribution in [2.75, 3.05) is 23.7 Å². The fourth-order valence-corrected chi connectivity index (χ4v) is 8.14. The number of nitrogens with one attached hydrogen (secondary N) is 2. The van der Waals surface area contributed by atoms with E-state index in [1.54, 1.807) is 9.80 Å². The summed E-state index contributed by atoms with van der Waals surface area (Å²) in [5, 5.41) is 6.02. The first kappa shape index (κ1) is 41.5. The number of carbonyl (C=O) groups is 4. The van der Waals surface area contributed by atoms with Crippen LogP contribution in [0.1, 0.15) is 54.4 Å². The third kappa shape index (κ3) is 10.6. The molecule has 4 amide bonds. The van der Waals surface area contributed by atoms with Crippen LogP contribution in [-0.2, 0) is 32.0 Å². The Morgan fingerprint density at radius 2 is 1.08 bits per heavy atom. The second kappa shape index (κ2) is 19.9. The summed E-state index contributed by atoms with van der Waals surface area (Å²) in [6, 6.07) is 38.6. The number of rotatable bonds is 14. The van der Waals surface area contributed by atoms with Gasteiger partial charge in [-0.3, -0.25) is 19.2 Å². The fraction of sp³-hybridized carbons (Fsp3) is 0.231. The molecule has 5 aromatic carbocycles. The number of para-hydroxylation sites is 3. The average molecular weight is 827 g/mol. The number of ether oxygens (including phenoxy) is 2. The molecule has 0 radical (unpaired) electrons. The zero-order chi connectivity index (χ0) is 42.7. The highest BCUT2D eigenvalue weighted by Gasteiger charge is 2.35. The van der Waals surface area contributed by atoms with Crippen LogP contribution in [-0.4, -0.2) is 64.7 Å². The van der Waals surface area contributed by atoms with Gasteiger partial charge in [-0.1, -0.05) is 109 Å². The van der Waals surface area contributed by atoms with Crippen molar-refractivity contribution < 1.29 is 28.7 Å². The Kier molecular flexibility index (Phi) is 13.3. The molecule has 1 unspecified atom stereocenters. The highest BCUT2D eigenvalue weighted by Crippen LogP contribution is 2.29. The number of anilines is 2. The number of benzene rings is 5. The molecule has 2 N–H and O–H groups in total. The summed E-state index contributed by atoms with van der Waals surface area (Å²) in [7, 11) is 0. The van der Waals surface area contributed by atoms with E-state index in [0.717, 1.165) is 41.5 Å². The molecule has 10 heteroatoms. The predicted molar refractivity (Wildman–Crippen MR) is 243 cm³/mol. The number of amides is 4. The lowest BCUT2D eigenvalue weighted by molar-refractivity contribution is -0.136. The van der Waals surface area contributed by atoms with Crippen molar-refractivity contribution in [1.82, 2.24) is 9.80 Å². The third-order valence-corrected chi connectivity index (χ3v) is 11.4. The number of likely N-dealkylation sites (tertiary alicyclic amines) is 2. The predicted octanol–water partition coefficient (Wildman–Crippen LogP) is 9.26. The van der Waals surface area contributed by atoms with E-state index in [-0.39, 0.29) is 42.6 Å².